The first-order chi connectivity index (χ1) is 14.7. The van der Waals surface area contributed by atoms with Crippen LogP contribution in [0.25, 0.3) is 11.1 Å². The first kappa shape index (κ1) is 21.8. The van der Waals surface area contributed by atoms with Crippen LogP contribution in [0.4, 0.5) is 5.82 Å². The molecular weight excluding hydrogens is 414 g/mol. The van der Waals surface area contributed by atoms with E-state index in [0.29, 0.717) is 23.2 Å². The largest absolute Gasteiger partial charge is 0.343 e. The molecule has 166 valence electrons. The third-order valence-corrected chi connectivity index (χ3v) is 6.63. The molecule has 0 radical (unpaired) electrons. The Labute approximate surface area is 188 Å². The van der Waals surface area contributed by atoms with Crippen molar-refractivity contribution in [1.29, 1.82) is 0 Å². The Kier molecular flexibility index (Phi) is 6.06. The van der Waals surface area contributed by atoms with Crippen LogP contribution in [0.3, 0.4) is 0 Å². The number of amides is 2. The molecule has 4 heterocycles. The standard InChI is InChI=1S/C23H30ClN5O2/c1-15(30)28-8-4-5-16(13-28)6-7-22(31)27-21-9-17(19(24)12-25-21)18-11-26-29-14-23(2,3)10-20(18)29/h9,11-12,16H,4-8,10,13-14H2,1-3H3,(H,25,27,31). The second kappa shape index (κ2) is 8.61. The number of piperidine rings is 1. The molecule has 2 amide bonds. The van der Waals surface area contributed by atoms with Gasteiger partial charge in [0.2, 0.25) is 11.8 Å². The molecule has 1 saturated heterocycles. The van der Waals surface area contributed by atoms with E-state index < -0.39 is 0 Å². The Morgan fingerprint density at radius 2 is 2.10 bits per heavy atom. The summed E-state index contributed by atoms with van der Waals surface area (Å²) in [5.41, 5.74) is 3.18. The van der Waals surface area contributed by atoms with E-state index in [2.05, 4.69) is 29.2 Å². The molecule has 31 heavy (non-hydrogen) atoms. The summed E-state index contributed by atoms with van der Waals surface area (Å²) in [4.78, 5) is 30.3. The van der Waals surface area contributed by atoms with Gasteiger partial charge in [0.15, 0.2) is 0 Å². The third-order valence-electron chi connectivity index (χ3n) is 6.33. The Balaban J connectivity index is 1.40. The summed E-state index contributed by atoms with van der Waals surface area (Å²) in [5.74, 6) is 0.912. The number of nitrogens with zero attached hydrogens (tertiary/aromatic N) is 4. The molecule has 1 atom stereocenters. The molecule has 8 heteroatoms. The molecule has 2 aromatic rings. The van der Waals surface area contributed by atoms with Gasteiger partial charge in [-0.15, -0.1) is 0 Å². The Bertz CT molecular complexity index is 1000. The van der Waals surface area contributed by atoms with Crippen molar-refractivity contribution >= 4 is 29.2 Å². The van der Waals surface area contributed by atoms with Crippen molar-refractivity contribution in [3.8, 4) is 11.1 Å². The SMILES string of the molecule is CC(=O)N1CCCC(CCC(=O)Nc2cc(-c3cnn4c3CC(C)(C)C4)c(Cl)cn2)C1. The van der Waals surface area contributed by atoms with Crippen LogP contribution in [-0.4, -0.2) is 44.6 Å². The fraction of sp³-hybridized carbons (Fsp3) is 0.565. The molecule has 1 fully saturated rings. The number of fused-ring (bicyclic) bond motifs is 1. The summed E-state index contributed by atoms with van der Waals surface area (Å²) in [5, 5.41) is 7.98. The van der Waals surface area contributed by atoms with Crippen molar-refractivity contribution in [1.82, 2.24) is 19.7 Å². The zero-order valence-electron chi connectivity index (χ0n) is 18.4. The normalized spacial score (nSPS) is 19.9. The van der Waals surface area contributed by atoms with Crippen LogP contribution in [0.1, 0.15) is 52.1 Å². The molecule has 0 saturated carbocycles. The Morgan fingerprint density at radius 1 is 1.29 bits per heavy atom. The van der Waals surface area contributed by atoms with E-state index in [0.717, 1.165) is 56.4 Å². The fourth-order valence-electron chi connectivity index (χ4n) is 4.71. The monoisotopic (exact) mass is 443 g/mol. The van der Waals surface area contributed by atoms with Gasteiger partial charge in [0.25, 0.3) is 0 Å². The Morgan fingerprint density at radius 3 is 2.87 bits per heavy atom. The van der Waals surface area contributed by atoms with Gasteiger partial charge >= 0.3 is 0 Å². The van der Waals surface area contributed by atoms with Gasteiger partial charge in [0.1, 0.15) is 5.82 Å². The molecule has 4 rings (SSSR count). The van der Waals surface area contributed by atoms with Crippen LogP contribution in [-0.2, 0) is 22.6 Å². The van der Waals surface area contributed by atoms with E-state index in [-0.39, 0.29) is 17.2 Å². The van der Waals surface area contributed by atoms with Gasteiger partial charge in [-0.25, -0.2) is 4.98 Å². The highest BCUT2D eigenvalue weighted by molar-refractivity contribution is 6.33. The summed E-state index contributed by atoms with van der Waals surface area (Å²) in [6.45, 7) is 8.52. The second-order valence-corrected chi connectivity index (χ2v) is 10.0. The maximum absolute atomic E-state index is 12.5. The number of anilines is 1. The van der Waals surface area contributed by atoms with Crippen LogP contribution in [0.15, 0.2) is 18.5 Å². The minimum absolute atomic E-state index is 0.0675. The molecule has 0 aromatic carbocycles. The summed E-state index contributed by atoms with van der Waals surface area (Å²) in [6.07, 6.45) is 7.60. The second-order valence-electron chi connectivity index (χ2n) is 9.61. The number of hydrogen-bond acceptors (Lipinski definition) is 4. The molecule has 0 bridgehead atoms. The van der Waals surface area contributed by atoms with Crippen LogP contribution in [0.5, 0.6) is 0 Å². The number of halogens is 1. The van der Waals surface area contributed by atoms with E-state index in [1.807, 2.05) is 21.8 Å². The van der Waals surface area contributed by atoms with Gasteiger partial charge in [-0.3, -0.25) is 14.3 Å². The van der Waals surface area contributed by atoms with E-state index in [9.17, 15) is 9.59 Å². The van der Waals surface area contributed by atoms with Gasteiger partial charge in [0.05, 0.1) is 11.2 Å². The summed E-state index contributed by atoms with van der Waals surface area (Å²) >= 11 is 6.45. The van der Waals surface area contributed by atoms with Gasteiger partial charge < -0.3 is 10.2 Å². The maximum Gasteiger partial charge on any atom is 0.225 e. The molecule has 7 nitrogen and oxygen atoms in total. The molecule has 0 spiro atoms. The third kappa shape index (κ3) is 4.92. The molecular formula is C23H30ClN5O2. The minimum Gasteiger partial charge on any atom is -0.343 e. The molecule has 1 N–H and O–H groups in total. The zero-order chi connectivity index (χ0) is 22.2. The molecule has 2 aliphatic rings. The highest BCUT2D eigenvalue weighted by Crippen LogP contribution is 2.39. The number of rotatable bonds is 5. The number of carbonyl (C=O) groups excluding carboxylic acids is 2. The number of likely N-dealkylation sites (tertiary alicyclic amines) is 1. The van der Waals surface area contributed by atoms with E-state index in [1.54, 1.807) is 13.1 Å². The number of pyridine rings is 1. The summed E-state index contributed by atoms with van der Waals surface area (Å²) in [6, 6.07) is 1.83. The van der Waals surface area contributed by atoms with Crippen LogP contribution in [0.2, 0.25) is 5.02 Å². The lowest BCUT2D eigenvalue weighted by Gasteiger charge is -2.32. The number of aromatic nitrogens is 3. The van der Waals surface area contributed by atoms with E-state index in [1.165, 1.54) is 5.69 Å². The van der Waals surface area contributed by atoms with E-state index >= 15 is 0 Å². The molecule has 1 unspecified atom stereocenters. The van der Waals surface area contributed by atoms with Gasteiger partial charge in [-0.1, -0.05) is 25.4 Å². The smallest absolute Gasteiger partial charge is 0.225 e. The van der Waals surface area contributed by atoms with Crippen molar-refractivity contribution in [2.75, 3.05) is 18.4 Å². The van der Waals surface area contributed by atoms with Crippen LogP contribution >= 0.6 is 11.6 Å². The number of nitrogens with one attached hydrogen (secondary N) is 1. The van der Waals surface area contributed by atoms with Crippen molar-refractivity contribution in [2.45, 2.75) is 59.4 Å². The van der Waals surface area contributed by atoms with Crippen LogP contribution in [0, 0.1) is 11.3 Å². The zero-order valence-corrected chi connectivity index (χ0v) is 19.2. The van der Waals surface area contributed by atoms with Gasteiger partial charge in [0, 0.05) is 56.0 Å². The quantitative estimate of drug-likeness (QED) is 0.752. The summed E-state index contributed by atoms with van der Waals surface area (Å²) in [7, 11) is 0. The number of carbonyl (C=O) groups is 2. The van der Waals surface area contributed by atoms with Gasteiger partial charge in [-0.2, -0.15) is 5.10 Å². The highest BCUT2D eigenvalue weighted by Gasteiger charge is 2.32. The molecule has 0 aliphatic carbocycles. The fourth-order valence-corrected chi connectivity index (χ4v) is 4.92. The minimum atomic E-state index is -0.0675. The van der Waals surface area contributed by atoms with Crippen molar-refractivity contribution < 1.29 is 9.59 Å². The van der Waals surface area contributed by atoms with Crippen LogP contribution < -0.4 is 5.32 Å². The first-order valence-corrected chi connectivity index (χ1v) is 11.4. The van der Waals surface area contributed by atoms with Gasteiger partial charge in [-0.05, 0) is 43.1 Å². The molecule has 2 aliphatic heterocycles. The number of hydrogen-bond donors (Lipinski definition) is 1. The predicted octanol–water partition coefficient (Wildman–Crippen LogP) is 4.16. The summed E-state index contributed by atoms with van der Waals surface area (Å²) < 4.78 is 2.04. The average molecular weight is 444 g/mol. The van der Waals surface area contributed by atoms with Crippen molar-refractivity contribution in [3.05, 3.63) is 29.2 Å². The highest BCUT2D eigenvalue weighted by atomic mass is 35.5. The van der Waals surface area contributed by atoms with Crippen molar-refractivity contribution in [2.24, 2.45) is 11.3 Å². The van der Waals surface area contributed by atoms with Crippen molar-refractivity contribution in [3.63, 3.8) is 0 Å². The first-order valence-electron chi connectivity index (χ1n) is 11.0. The molecule has 2 aromatic heterocycles. The lowest BCUT2D eigenvalue weighted by atomic mass is 9.89. The lowest BCUT2D eigenvalue weighted by Crippen LogP contribution is -2.38. The predicted molar refractivity (Wildman–Crippen MR) is 121 cm³/mol. The average Bonchev–Trinajstić information content (AvgIpc) is 3.23. The van der Waals surface area contributed by atoms with E-state index in [4.69, 9.17) is 11.6 Å². The topological polar surface area (TPSA) is 80.1 Å². The lowest BCUT2D eigenvalue weighted by molar-refractivity contribution is -0.130. The maximum atomic E-state index is 12.5. The Hall–Kier alpha value is -2.41.